The van der Waals surface area contributed by atoms with Gasteiger partial charge in [0.15, 0.2) is 11.5 Å². The fraction of sp³-hybridized carbons (Fsp3) is 0.188. The van der Waals surface area contributed by atoms with E-state index >= 15 is 0 Å². The van der Waals surface area contributed by atoms with Crippen LogP contribution in [0.3, 0.4) is 0 Å². The van der Waals surface area contributed by atoms with Crippen molar-refractivity contribution in [2.24, 2.45) is 4.99 Å². The van der Waals surface area contributed by atoms with Crippen molar-refractivity contribution in [3.8, 4) is 11.5 Å². The average molecular weight is 426 g/mol. The third-order valence-electron chi connectivity index (χ3n) is 3.27. The molecular formula is C16H10Cl3F3N2O2. The van der Waals surface area contributed by atoms with Crippen molar-refractivity contribution in [2.75, 3.05) is 5.32 Å². The summed E-state index contributed by atoms with van der Waals surface area (Å²) in [5.41, 5.74) is 0.138. The van der Waals surface area contributed by atoms with Gasteiger partial charge in [-0.15, -0.1) is 0 Å². The van der Waals surface area contributed by atoms with Crippen LogP contribution in [0.25, 0.3) is 0 Å². The van der Waals surface area contributed by atoms with Gasteiger partial charge in [0.1, 0.15) is 0 Å². The lowest BCUT2D eigenvalue weighted by Gasteiger charge is -2.30. The molecule has 0 radical (unpaired) electrons. The molecule has 138 valence electrons. The highest BCUT2D eigenvalue weighted by molar-refractivity contribution is 6.68. The maximum atomic E-state index is 13.5. The minimum absolute atomic E-state index is 0.101. The van der Waals surface area contributed by atoms with E-state index in [4.69, 9.17) is 44.3 Å². The second kappa shape index (κ2) is 6.72. The van der Waals surface area contributed by atoms with Crippen LogP contribution in [0.4, 0.5) is 18.9 Å². The van der Waals surface area contributed by atoms with Gasteiger partial charge in [-0.3, -0.25) is 0 Å². The molecule has 10 heteroatoms. The Labute approximate surface area is 161 Å². The van der Waals surface area contributed by atoms with E-state index in [1.54, 1.807) is 30.3 Å². The number of anilines is 1. The van der Waals surface area contributed by atoms with Crippen molar-refractivity contribution in [3.05, 3.63) is 54.6 Å². The quantitative estimate of drug-likeness (QED) is 0.389. The van der Waals surface area contributed by atoms with Gasteiger partial charge in [0, 0.05) is 5.69 Å². The molecule has 0 atom stereocenters. The number of benzene rings is 2. The number of para-hydroxylation sites is 3. The molecule has 0 unspecified atom stereocenters. The van der Waals surface area contributed by atoms with E-state index in [9.17, 15) is 13.2 Å². The Hall–Kier alpha value is -1.83. The Morgan fingerprint density at radius 3 is 1.85 bits per heavy atom. The predicted molar refractivity (Wildman–Crippen MR) is 94.3 cm³/mol. The second-order valence-electron chi connectivity index (χ2n) is 5.18. The highest BCUT2D eigenvalue weighted by Gasteiger charge is 2.60. The number of hydrogen-bond acceptors (Lipinski definition) is 3. The third-order valence-corrected chi connectivity index (χ3v) is 3.98. The van der Waals surface area contributed by atoms with Gasteiger partial charge in [-0.05, 0) is 24.3 Å². The molecule has 0 saturated carbocycles. The van der Waals surface area contributed by atoms with Gasteiger partial charge in [0.25, 0.3) is 3.79 Å². The molecule has 0 spiro atoms. The molecular weight excluding hydrogens is 416 g/mol. The van der Waals surface area contributed by atoms with Gasteiger partial charge in [-0.2, -0.15) is 18.2 Å². The Bertz CT molecular complexity index is 798. The summed E-state index contributed by atoms with van der Waals surface area (Å²) in [5, 5.41) is 2.16. The van der Waals surface area contributed by atoms with Crippen molar-refractivity contribution in [2.45, 2.75) is 15.9 Å². The zero-order valence-electron chi connectivity index (χ0n) is 12.7. The molecule has 0 amide bonds. The lowest BCUT2D eigenvalue weighted by Crippen LogP contribution is -2.51. The number of nitrogens with zero attached hydrogens (tertiary/aromatic N) is 1. The van der Waals surface area contributed by atoms with E-state index in [0.29, 0.717) is 0 Å². The van der Waals surface area contributed by atoms with E-state index in [1.807, 2.05) is 0 Å². The number of alkyl halides is 6. The number of rotatable bonds is 2. The summed E-state index contributed by atoms with van der Waals surface area (Å²) in [6.07, 6.45) is -4.89. The van der Waals surface area contributed by atoms with Crippen LogP contribution >= 0.6 is 34.8 Å². The molecule has 1 aliphatic heterocycles. The van der Waals surface area contributed by atoms with Crippen LogP contribution in [0.2, 0.25) is 0 Å². The van der Waals surface area contributed by atoms with Crippen molar-refractivity contribution in [3.63, 3.8) is 0 Å². The Morgan fingerprint density at radius 1 is 0.885 bits per heavy atom. The monoisotopic (exact) mass is 424 g/mol. The zero-order valence-corrected chi connectivity index (χ0v) is 15.0. The number of aliphatic imine (C=N–C) groups is 1. The molecule has 0 bridgehead atoms. The summed E-state index contributed by atoms with van der Waals surface area (Å²) < 4.78 is 48.8. The fourth-order valence-electron chi connectivity index (χ4n) is 2.13. The SMILES string of the molecule is FC(F)(F)/C(=N\C1(C(Cl)(Cl)Cl)Oc2ccccc2O1)Nc1ccccc1. The minimum atomic E-state index is -4.89. The van der Waals surface area contributed by atoms with Gasteiger partial charge in [0.05, 0.1) is 0 Å². The summed E-state index contributed by atoms with van der Waals surface area (Å²) in [4.78, 5) is 3.50. The van der Waals surface area contributed by atoms with E-state index in [0.717, 1.165) is 0 Å². The lowest BCUT2D eigenvalue weighted by molar-refractivity contribution is -0.0821. The highest BCUT2D eigenvalue weighted by atomic mass is 35.6. The molecule has 2 aromatic rings. The number of fused-ring (bicyclic) bond motifs is 1. The molecule has 0 aliphatic carbocycles. The maximum Gasteiger partial charge on any atom is 0.449 e. The molecule has 0 aromatic heterocycles. The normalized spacial score (nSPS) is 16.5. The fourth-order valence-corrected chi connectivity index (χ4v) is 2.49. The molecule has 0 fully saturated rings. The van der Waals surface area contributed by atoms with Crippen molar-refractivity contribution in [1.82, 2.24) is 0 Å². The van der Waals surface area contributed by atoms with Crippen LogP contribution in [0.1, 0.15) is 0 Å². The van der Waals surface area contributed by atoms with Crippen LogP contribution in [-0.4, -0.2) is 21.7 Å². The summed E-state index contributed by atoms with van der Waals surface area (Å²) in [5.74, 6) is -3.79. The molecule has 0 saturated heterocycles. The summed E-state index contributed by atoms with van der Waals surface area (Å²) >= 11 is 17.6. The topological polar surface area (TPSA) is 42.9 Å². The van der Waals surface area contributed by atoms with Gasteiger partial charge in [-0.1, -0.05) is 65.1 Å². The first-order valence-electron chi connectivity index (χ1n) is 7.14. The van der Waals surface area contributed by atoms with Crippen molar-refractivity contribution in [1.29, 1.82) is 0 Å². The van der Waals surface area contributed by atoms with E-state index in [-0.39, 0.29) is 17.2 Å². The third kappa shape index (κ3) is 3.79. The number of ether oxygens (including phenoxy) is 2. The minimum Gasteiger partial charge on any atom is -0.427 e. The number of nitrogens with one attached hydrogen (secondary N) is 1. The smallest absolute Gasteiger partial charge is 0.427 e. The summed E-state index contributed by atoms with van der Waals surface area (Å²) in [6.45, 7) is 0. The average Bonchev–Trinajstić information content (AvgIpc) is 2.94. The maximum absolute atomic E-state index is 13.5. The Morgan fingerprint density at radius 2 is 1.38 bits per heavy atom. The van der Waals surface area contributed by atoms with E-state index in [1.165, 1.54) is 24.3 Å². The number of halogens is 6. The first kappa shape index (κ1) is 18.9. The lowest BCUT2D eigenvalue weighted by atomic mass is 10.3. The van der Waals surface area contributed by atoms with Gasteiger partial charge < -0.3 is 14.8 Å². The molecule has 4 nitrogen and oxygen atoms in total. The standard InChI is InChI=1S/C16H10Cl3F3N2O2/c17-15(18,19)16(25-11-8-4-5-9-12(11)26-16)24-13(14(20,21)22)23-10-6-2-1-3-7-10/h1-9H,(H,23,24). The van der Waals surface area contributed by atoms with Crippen molar-refractivity contribution < 1.29 is 22.6 Å². The van der Waals surface area contributed by atoms with E-state index in [2.05, 4.69) is 10.3 Å². The van der Waals surface area contributed by atoms with Crippen LogP contribution in [0, 0.1) is 0 Å². The van der Waals surface area contributed by atoms with Gasteiger partial charge >= 0.3 is 12.1 Å². The Kier molecular flexibility index (Phi) is 4.90. The number of amidine groups is 1. The van der Waals surface area contributed by atoms with Crippen LogP contribution in [-0.2, 0) is 0 Å². The zero-order chi connectivity index (χ0) is 19.0. The molecule has 1 aliphatic rings. The van der Waals surface area contributed by atoms with Crippen LogP contribution in [0.5, 0.6) is 11.5 Å². The Balaban J connectivity index is 2.05. The first-order chi connectivity index (χ1) is 12.1. The molecule has 1 heterocycles. The molecule has 3 rings (SSSR count). The molecule has 26 heavy (non-hydrogen) atoms. The largest absolute Gasteiger partial charge is 0.449 e. The van der Waals surface area contributed by atoms with Gasteiger partial charge in [0.2, 0.25) is 5.84 Å². The first-order valence-corrected chi connectivity index (χ1v) is 8.27. The second-order valence-corrected chi connectivity index (χ2v) is 7.46. The molecule has 1 N–H and O–H groups in total. The van der Waals surface area contributed by atoms with Gasteiger partial charge in [-0.25, -0.2) is 0 Å². The van der Waals surface area contributed by atoms with Crippen LogP contribution < -0.4 is 14.8 Å². The summed E-state index contributed by atoms with van der Waals surface area (Å²) in [7, 11) is 0. The van der Waals surface area contributed by atoms with E-state index < -0.39 is 21.7 Å². The highest BCUT2D eigenvalue weighted by Crippen LogP contribution is 2.50. The predicted octanol–water partition coefficient (Wildman–Crippen LogP) is 5.55. The molecule has 2 aromatic carbocycles. The van der Waals surface area contributed by atoms with Crippen LogP contribution in [0.15, 0.2) is 59.6 Å². The summed E-state index contributed by atoms with van der Waals surface area (Å²) in [6, 6.07) is 13.7. The van der Waals surface area contributed by atoms with Crippen molar-refractivity contribution >= 4 is 46.3 Å². The number of hydrogen-bond donors (Lipinski definition) is 1.